The second-order valence-corrected chi connectivity index (χ2v) is 6.59. The number of furan rings is 1. The van der Waals surface area contributed by atoms with Crippen molar-refractivity contribution in [3.63, 3.8) is 0 Å². The lowest BCUT2D eigenvalue weighted by molar-refractivity contribution is 0.441. The van der Waals surface area contributed by atoms with E-state index in [0.717, 1.165) is 5.76 Å². The first-order valence-electron chi connectivity index (χ1n) is 5.74. The van der Waals surface area contributed by atoms with Crippen LogP contribution in [0.25, 0.3) is 0 Å². The molecular weight excluding hydrogens is 286 g/mol. The molecule has 0 saturated carbocycles. The Morgan fingerprint density at radius 2 is 1.89 bits per heavy atom. The van der Waals surface area contributed by atoms with Crippen LogP contribution in [0, 0.1) is 0 Å². The first-order valence-corrected chi connectivity index (χ1v) is 7.56. The molecule has 0 N–H and O–H groups in total. The molecule has 0 radical (unpaired) electrons. The molecule has 2 rings (SSSR count). The van der Waals surface area contributed by atoms with Gasteiger partial charge in [-0.1, -0.05) is 11.6 Å². The molecule has 0 aliphatic carbocycles. The number of hydrogen-bond donors (Lipinski definition) is 0. The molecule has 0 fully saturated rings. The summed E-state index contributed by atoms with van der Waals surface area (Å²) in [6.45, 7) is 0.360. The first kappa shape index (κ1) is 14.1. The van der Waals surface area contributed by atoms with Crippen molar-refractivity contribution in [2.24, 2.45) is 0 Å². The molecule has 19 heavy (non-hydrogen) atoms. The third kappa shape index (κ3) is 3.37. The van der Waals surface area contributed by atoms with E-state index >= 15 is 0 Å². The highest BCUT2D eigenvalue weighted by Gasteiger charge is 2.20. The van der Waals surface area contributed by atoms with Crippen molar-refractivity contribution >= 4 is 21.6 Å². The van der Waals surface area contributed by atoms with Gasteiger partial charge in [-0.3, -0.25) is 0 Å². The summed E-state index contributed by atoms with van der Waals surface area (Å²) >= 11 is 5.75. The number of sulfonamides is 1. The van der Waals surface area contributed by atoms with Crippen LogP contribution in [-0.4, -0.2) is 26.3 Å². The smallest absolute Gasteiger partial charge is 0.242 e. The standard InChI is InChI=1S/C13H14ClNO3S/c1-15(9-8-12-3-2-10-18-12)19(16,17)13-6-4-11(14)5-7-13/h2-7,10H,8-9H2,1H3. The lowest BCUT2D eigenvalue weighted by atomic mass is 10.3. The minimum atomic E-state index is -3.48. The van der Waals surface area contributed by atoms with Crippen LogP contribution >= 0.6 is 11.6 Å². The van der Waals surface area contributed by atoms with E-state index in [2.05, 4.69) is 0 Å². The average Bonchev–Trinajstić information content (AvgIpc) is 2.89. The molecule has 0 amide bonds. The van der Waals surface area contributed by atoms with Gasteiger partial charge >= 0.3 is 0 Å². The Morgan fingerprint density at radius 1 is 1.21 bits per heavy atom. The molecule has 6 heteroatoms. The number of rotatable bonds is 5. The number of halogens is 1. The summed E-state index contributed by atoms with van der Waals surface area (Å²) in [5.41, 5.74) is 0. The highest BCUT2D eigenvalue weighted by atomic mass is 35.5. The summed E-state index contributed by atoms with van der Waals surface area (Å²) in [6.07, 6.45) is 2.11. The molecule has 1 aromatic carbocycles. The van der Waals surface area contributed by atoms with Crippen molar-refractivity contribution in [1.82, 2.24) is 4.31 Å². The molecule has 2 aromatic rings. The molecule has 0 unspecified atom stereocenters. The van der Waals surface area contributed by atoms with Crippen LogP contribution in [0.2, 0.25) is 5.02 Å². The molecule has 0 aliphatic rings. The zero-order valence-electron chi connectivity index (χ0n) is 10.4. The Hall–Kier alpha value is -1.30. The molecule has 1 aromatic heterocycles. The minimum absolute atomic E-state index is 0.235. The predicted octanol–water partition coefficient (Wildman–Crippen LogP) is 2.80. The Morgan fingerprint density at radius 3 is 2.47 bits per heavy atom. The summed E-state index contributed by atoms with van der Waals surface area (Å²) < 4.78 is 31.0. The molecule has 0 bridgehead atoms. The van der Waals surface area contributed by atoms with Crippen molar-refractivity contribution in [1.29, 1.82) is 0 Å². The molecular formula is C13H14ClNO3S. The Balaban J connectivity index is 2.08. The zero-order valence-corrected chi connectivity index (χ0v) is 12.0. The summed E-state index contributed by atoms with van der Waals surface area (Å²) in [5, 5.41) is 0.511. The monoisotopic (exact) mass is 299 g/mol. The summed E-state index contributed by atoms with van der Waals surface area (Å²) in [7, 11) is -1.93. The van der Waals surface area contributed by atoms with Crippen molar-refractivity contribution in [2.75, 3.05) is 13.6 Å². The van der Waals surface area contributed by atoms with E-state index in [4.69, 9.17) is 16.0 Å². The fourth-order valence-corrected chi connectivity index (χ4v) is 2.93. The van der Waals surface area contributed by atoms with E-state index < -0.39 is 10.0 Å². The number of benzene rings is 1. The van der Waals surface area contributed by atoms with Gasteiger partial charge in [0.25, 0.3) is 0 Å². The van der Waals surface area contributed by atoms with E-state index in [0.29, 0.717) is 18.0 Å². The van der Waals surface area contributed by atoms with Gasteiger partial charge in [-0.05, 0) is 36.4 Å². The van der Waals surface area contributed by atoms with E-state index in [-0.39, 0.29) is 4.90 Å². The van der Waals surface area contributed by atoms with Gasteiger partial charge in [0, 0.05) is 25.0 Å². The highest BCUT2D eigenvalue weighted by molar-refractivity contribution is 7.89. The van der Waals surface area contributed by atoms with Gasteiger partial charge in [0.05, 0.1) is 11.2 Å². The van der Waals surface area contributed by atoms with Gasteiger partial charge < -0.3 is 4.42 Å². The third-order valence-electron chi connectivity index (χ3n) is 2.78. The van der Waals surface area contributed by atoms with Crippen LogP contribution in [0.3, 0.4) is 0 Å². The Labute approximate surface area is 117 Å². The van der Waals surface area contributed by atoms with Gasteiger partial charge in [0.2, 0.25) is 10.0 Å². The van der Waals surface area contributed by atoms with Crippen molar-refractivity contribution in [3.05, 3.63) is 53.4 Å². The topological polar surface area (TPSA) is 50.5 Å². The minimum Gasteiger partial charge on any atom is -0.469 e. The van der Waals surface area contributed by atoms with Crippen LogP contribution in [-0.2, 0) is 16.4 Å². The first-order chi connectivity index (χ1) is 9.00. The second kappa shape index (κ2) is 5.77. The lowest BCUT2D eigenvalue weighted by Crippen LogP contribution is -2.28. The van der Waals surface area contributed by atoms with E-state index in [1.807, 2.05) is 6.07 Å². The molecule has 0 atom stereocenters. The normalized spacial score (nSPS) is 11.9. The molecule has 1 heterocycles. The van der Waals surface area contributed by atoms with Gasteiger partial charge in [-0.25, -0.2) is 12.7 Å². The maximum Gasteiger partial charge on any atom is 0.242 e. The molecule has 4 nitrogen and oxygen atoms in total. The Kier molecular flexibility index (Phi) is 4.29. The fraction of sp³-hybridized carbons (Fsp3) is 0.231. The number of nitrogens with zero attached hydrogens (tertiary/aromatic N) is 1. The van der Waals surface area contributed by atoms with Crippen LogP contribution in [0.1, 0.15) is 5.76 Å². The maximum absolute atomic E-state index is 12.3. The number of hydrogen-bond acceptors (Lipinski definition) is 3. The van der Waals surface area contributed by atoms with E-state index in [9.17, 15) is 8.42 Å². The zero-order chi connectivity index (χ0) is 13.9. The average molecular weight is 300 g/mol. The summed E-state index contributed by atoms with van der Waals surface area (Å²) in [5.74, 6) is 0.762. The van der Waals surface area contributed by atoms with Gasteiger partial charge in [-0.2, -0.15) is 0 Å². The van der Waals surface area contributed by atoms with Crippen molar-refractivity contribution in [2.45, 2.75) is 11.3 Å². The Bertz CT molecular complexity index is 620. The predicted molar refractivity (Wildman–Crippen MR) is 73.7 cm³/mol. The second-order valence-electron chi connectivity index (χ2n) is 4.11. The van der Waals surface area contributed by atoms with Crippen molar-refractivity contribution in [3.8, 4) is 0 Å². The summed E-state index contributed by atoms with van der Waals surface area (Å²) in [4.78, 5) is 0.235. The SMILES string of the molecule is CN(CCc1ccco1)S(=O)(=O)c1ccc(Cl)cc1. The van der Waals surface area contributed by atoms with Crippen LogP contribution in [0.5, 0.6) is 0 Å². The molecule has 0 spiro atoms. The van der Waals surface area contributed by atoms with Gasteiger partial charge in [-0.15, -0.1) is 0 Å². The largest absolute Gasteiger partial charge is 0.469 e. The van der Waals surface area contributed by atoms with E-state index in [1.165, 1.54) is 16.4 Å². The quantitative estimate of drug-likeness (QED) is 0.853. The summed E-state index contributed by atoms with van der Waals surface area (Å²) in [6, 6.07) is 9.73. The van der Waals surface area contributed by atoms with Crippen molar-refractivity contribution < 1.29 is 12.8 Å². The molecule has 102 valence electrons. The lowest BCUT2D eigenvalue weighted by Gasteiger charge is -2.16. The van der Waals surface area contributed by atoms with Crippen LogP contribution in [0.15, 0.2) is 52.0 Å². The van der Waals surface area contributed by atoms with Gasteiger partial charge in [0.15, 0.2) is 0 Å². The number of likely N-dealkylation sites (N-methyl/N-ethyl adjacent to an activating group) is 1. The third-order valence-corrected chi connectivity index (χ3v) is 4.90. The van der Waals surface area contributed by atoms with Crippen LogP contribution in [0.4, 0.5) is 0 Å². The fourth-order valence-electron chi connectivity index (χ4n) is 1.63. The molecule has 0 saturated heterocycles. The molecule has 0 aliphatic heterocycles. The van der Waals surface area contributed by atoms with Crippen LogP contribution < -0.4 is 0 Å². The maximum atomic E-state index is 12.3. The van der Waals surface area contributed by atoms with Gasteiger partial charge in [0.1, 0.15) is 5.76 Å². The highest BCUT2D eigenvalue weighted by Crippen LogP contribution is 2.17. The van der Waals surface area contributed by atoms with E-state index in [1.54, 1.807) is 31.5 Å².